The summed E-state index contributed by atoms with van der Waals surface area (Å²) in [4.78, 5) is 40.3. The van der Waals surface area contributed by atoms with Gasteiger partial charge < -0.3 is 24.2 Å². The molecule has 212 valence electrons. The minimum absolute atomic E-state index is 0.0305. The Morgan fingerprint density at radius 2 is 1.26 bits per heavy atom. The number of hydrogen-bond donors (Lipinski definition) is 3. The molecule has 0 unspecified atom stereocenters. The molecule has 0 amide bonds. The molecule has 0 radical (unpaired) electrons. The van der Waals surface area contributed by atoms with Crippen molar-refractivity contribution in [2.45, 2.75) is 0 Å². The lowest BCUT2D eigenvalue weighted by Gasteiger charge is -2.05. The summed E-state index contributed by atoms with van der Waals surface area (Å²) < 4.78 is 75.7. The zero-order valence-corrected chi connectivity index (χ0v) is 20.5. The molecule has 0 spiro atoms. The topological polar surface area (TPSA) is 252 Å². The van der Waals surface area contributed by atoms with Gasteiger partial charge in [-0.3, -0.25) is 19.2 Å². The average Bonchev–Trinajstić information content (AvgIpc) is 2.82. The largest absolute Gasteiger partial charge is 0.494 e. The molecule has 2 rings (SSSR count). The molecule has 0 saturated carbocycles. The second-order valence-electron chi connectivity index (χ2n) is 5.78. The quantitative estimate of drug-likeness (QED) is 0.200. The molecule has 0 atom stereocenters. The fourth-order valence-corrected chi connectivity index (χ4v) is 2.03. The van der Waals surface area contributed by atoms with Gasteiger partial charge in [-0.1, -0.05) is 0 Å². The lowest BCUT2D eigenvalue weighted by atomic mass is 10.1. The number of nitrogens with zero attached hydrogens (tertiary/aromatic N) is 2. The lowest BCUT2D eigenvalue weighted by Crippen LogP contribution is -2.07. The van der Waals surface area contributed by atoms with Crippen LogP contribution in [0.2, 0.25) is 0 Å². The van der Waals surface area contributed by atoms with Crippen LogP contribution in [0, 0.1) is 31.9 Å². The van der Waals surface area contributed by atoms with E-state index in [2.05, 4.69) is 14.2 Å². The summed E-state index contributed by atoms with van der Waals surface area (Å²) in [5.74, 6) is -3.09. The van der Waals surface area contributed by atoms with Crippen molar-refractivity contribution in [2.24, 2.45) is 0 Å². The molecule has 3 N–H and O–H groups in total. The predicted octanol–water partition coefficient (Wildman–Crippen LogP) is 2.15. The van der Waals surface area contributed by atoms with Crippen molar-refractivity contribution in [3.05, 3.63) is 73.3 Å². The van der Waals surface area contributed by atoms with Gasteiger partial charge in [-0.05, 0) is 18.2 Å². The molecular formula is C18H20F2N2O15S. The number of halogens is 2. The first-order valence-corrected chi connectivity index (χ1v) is 10.4. The number of benzene rings is 2. The molecular weight excluding hydrogens is 554 g/mol. The van der Waals surface area contributed by atoms with Crippen LogP contribution in [0.3, 0.4) is 0 Å². The van der Waals surface area contributed by atoms with E-state index in [9.17, 15) is 28.5 Å². The van der Waals surface area contributed by atoms with Gasteiger partial charge >= 0.3 is 22.3 Å². The van der Waals surface area contributed by atoms with Crippen molar-refractivity contribution in [3.8, 4) is 11.5 Å². The van der Waals surface area contributed by atoms with Crippen LogP contribution < -0.4 is 9.47 Å². The third-order valence-corrected chi connectivity index (χ3v) is 3.44. The van der Waals surface area contributed by atoms with E-state index in [1.54, 1.807) is 0 Å². The van der Waals surface area contributed by atoms with Gasteiger partial charge in [-0.15, -0.1) is 10.1 Å². The summed E-state index contributed by atoms with van der Waals surface area (Å²) in [6, 6.07) is 5.33. The van der Waals surface area contributed by atoms with Gasteiger partial charge in [-0.2, -0.15) is 8.42 Å². The van der Waals surface area contributed by atoms with Crippen LogP contribution >= 0.6 is 0 Å². The molecule has 0 aliphatic heterocycles. The fourth-order valence-electron chi connectivity index (χ4n) is 2.03. The highest BCUT2D eigenvalue weighted by atomic mass is 32.3. The highest BCUT2D eigenvalue weighted by molar-refractivity contribution is 7.79. The molecule has 0 aromatic heterocycles. The van der Waals surface area contributed by atoms with Gasteiger partial charge in [-0.25, -0.2) is 18.4 Å². The van der Waals surface area contributed by atoms with Crippen molar-refractivity contribution in [1.29, 1.82) is 0 Å². The molecule has 0 aliphatic rings. The summed E-state index contributed by atoms with van der Waals surface area (Å²) in [7, 11) is 0.185. The maximum absolute atomic E-state index is 13.2. The summed E-state index contributed by atoms with van der Waals surface area (Å²) in [5, 5.41) is 24.2. The molecule has 17 nitrogen and oxygen atoms in total. The number of rotatable bonds is 5. The van der Waals surface area contributed by atoms with E-state index in [0.29, 0.717) is 6.07 Å². The van der Waals surface area contributed by atoms with E-state index in [1.807, 2.05) is 0 Å². The van der Waals surface area contributed by atoms with E-state index in [0.717, 1.165) is 19.2 Å². The first-order chi connectivity index (χ1) is 17.4. The number of carbonyl (C=O) groups excluding carboxylic acids is 2. The van der Waals surface area contributed by atoms with Crippen LogP contribution in [-0.4, -0.2) is 73.1 Å². The number of hydrogen-bond acceptors (Lipinski definition) is 12. The number of ether oxygens (including phenoxy) is 4. The van der Waals surface area contributed by atoms with Crippen molar-refractivity contribution in [2.75, 3.05) is 28.4 Å². The Labute approximate surface area is 211 Å². The van der Waals surface area contributed by atoms with Gasteiger partial charge in [0.15, 0.2) is 23.1 Å². The third kappa shape index (κ3) is 14.7. The Morgan fingerprint density at radius 3 is 1.63 bits per heavy atom. The van der Waals surface area contributed by atoms with Gasteiger partial charge in [0.25, 0.3) is 10.8 Å². The summed E-state index contributed by atoms with van der Waals surface area (Å²) in [6.07, 6.45) is 0. The Hall–Kier alpha value is -4.69. The highest BCUT2D eigenvalue weighted by Gasteiger charge is 2.24. The second kappa shape index (κ2) is 16.9. The number of carbonyl (C=O) groups is 2. The molecule has 20 heteroatoms. The Bertz CT molecular complexity index is 1230. The molecule has 0 heterocycles. The number of nitro benzene ring substituents is 1. The first-order valence-electron chi connectivity index (χ1n) is 8.98. The summed E-state index contributed by atoms with van der Waals surface area (Å²) in [6.45, 7) is 0. The predicted molar refractivity (Wildman–Crippen MR) is 118 cm³/mol. The fraction of sp³-hybridized carbons (Fsp3) is 0.222. The van der Waals surface area contributed by atoms with Gasteiger partial charge in [0.2, 0.25) is 0 Å². The van der Waals surface area contributed by atoms with E-state index in [4.69, 9.17) is 37.6 Å². The zero-order chi connectivity index (χ0) is 30.2. The summed E-state index contributed by atoms with van der Waals surface area (Å²) >= 11 is 0. The van der Waals surface area contributed by atoms with Crippen molar-refractivity contribution in [3.63, 3.8) is 0 Å². The maximum atomic E-state index is 13.2. The molecule has 0 aliphatic carbocycles. The van der Waals surface area contributed by atoms with Gasteiger partial charge in [0.1, 0.15) is 5.56 Å². The Morgan fingerprint density at radius 1 is 0.842 bits per heavy atom. The standard InChI is InChI=1S/C9H8FNO5.C9H9FO3.HNO3.H2O4S/c1-15-8-3-5(9(12)16-2)7(11(13)14)4-6(8)10;1-12-8-5-6(9(11)13-2)3-4-7(8)10;2-1(3)4;1-5(2,3)4/h3-4H,1-2H3;3-5H,1-2H3;(H,2,3,4);(H2,1,2,3,4). The molecule has 0 fully saturated rings. The SMILES string of the molecule is COC(=O)c1cc(OC)c(F)cc1[N+](=O)[O-].COC(=O)c1ccc(F)c(OC)c1.O=S(=O)(O)O.O=[N+]([O-])O. The van der Waals surface area contributed by atoms with Crippen LogP contribution in [0.4, 0.5) is 14.5 Å². The van der Waals surface area contributed by atoms with Crippen molar-refractivity contribution >= 4 is 28.0 Å². The third-order valence-electron chi connectivity index (χ3n) is 3.44. The van der Waals surface area contributed by atoms with Gasteiger partial charge in [0, 0.05) is 6.07 Å². The van der Waals surface area contributed by atoms with Gasteiger partial charge in [0.05, 0.1) is 45.0 Å². The zero-order valence-electron chi connectivity index (χ0n) is 19.7. The minimum Gasteiger partial charge on any atom is -0.494 e. The smallest absolute Gasteiger partial charge is 0.394 e. The molecule has 2 aromatic rings. The minimum atomic E-state index is -4.67. The lowest BCUT2D eigenvalue weighted by molar-refractivity contribution is -0.742. The van der Waals surface area contributed by atoms with Crippen LogP contribution in [0.1, 0.15) is 20.7 Å². The Kier molecular flexibility index (Phi) is 15.8. The van der Waals surface area contributed by atoms with E-state index < -0.39 is 49.7 Å². The second-order valence-corrected chi connectivity index (χ2v) is 6.67. The summed E-state index contributed by atoms with van der Waals surface area (Å²) in [5.41, 5.74) is -0.753. The van der Waals surface area contributed by atoms with Crippen LogP contribution in [0.25, 0.3) is 0 Å². The van der Waals surface area contributed by atoms with E-state index in [1.165, 1.54) is 33.5 Å². The van der Waals surface area contributed by atoms with Crippen LogP contribution in [-0.2, 0) is 19.9 Å². The highest BCUT2D eigenvalue weighted by Crippen LogP contribution is 2.28. The maximum Gasteiger partial charge on any atom is 0.394 e. The monoisotopic (exact) mass is 574 g/mol. The molecule has 38 heavy (non-hydrogen) atoms. The van der Waals surface area contributed by atoms with E-state index in [-0.39, 0.29) is 22.6 Å². The normalized spacial score (nSPS) is 9.47. The van der Waals surface area contributed by atoms with Crippen molar-refractivity contribution in [1.82, 2.24) is 0 Å². The van der Waals surface area contributed by atoms with Crippen LogP contribution in [0.5, 0.6) is 11.5 Å². The van der Waals surface area contributed by atoms with Crippen molar-refractivity contribution < 1.29 is 70.1 Å². The first kappa shape index (κ1) is 35.5. The number of nitro groups is 1. The number of methoxy groups -OCH3 is 4. The number of esters is 2. The Balaban J connectivity index is 0. The molecule has 2 aromatic carbocycles. The molecule has 0 saturated heterocycles. The van der Waals surface area contributed by atoms with Crippen LogP contribution in [0.15, 0.2) is 30.3 Å². The van der Waals surface area contributed by atoms with E-state index >= 15 is 0 Å². The average molecular weight is 574 g/mol. The molecule has 0 bridgehead atoms.